The van der Waals surface area contributed by atoms with Gasteiger partial charge in [-0.05, 0) is 56.4 Å². The normalized spacial score (nSPS) is 16.0. The Morgan fingerprint density at radius 1 is 1.21 bits per heavy atom. The van der Waals surface area contributed by atoms with Gasteiger partial charge in [0.2, 0.25) is 0 Å². The fourth-order valence-electron chi connectivity index (χ4n) is 3.59. The van der Waals surface area contributed by atoms with E-state index >= 15 is 0 Å². The van der Waals surface area contributed by atoms with Gasteiger partial charge in [-0.2, -0.15) is 0 Å². The predicted octanol–water partition coefficient (Wildman–Crippen LogP) is 6.56. The number of hydrogen-bond acceptors (Lipinski definition) is 4. The van der Waals surface area contributed by atoms with Crippen molar-refractivity contribution in [1.82, 2.24) is 4.98 Å². The zero-order chi connectivity index (χ0) is 20.1. The highest BCUT2D eigenvalue weighted by molar-refractivity contribution is 6.31. The first-order valence-electron chi connectivity index (χ1n) is 9.69. The molecule has 1 N–H and O–H groups in total. The minimum atomic E-state index is -0.811. The van der Waals surface area contributed by atoms with E-state index in [9.17, 15) is 8.78 Å². The summed E-state index contributed by atoms with van der Waals surface area (Å²) in [5.41, 5.74) is 3.81. The molecule has 0 amide bonds. The molecule has 1 aliphatic rings. The van der Waals surface area contributed by atoms with E-state index in [0.717, 1.165) is 30.5 Å². The third-order valence-electron chi connectivity index (χ3n) is 5.05. The fraction of sp³-hybridized carbons (Fsp3) is 0.476. The van der Waals surface area contributed by atoms with Gasteiger partial charge in [-0.1, -0.05) is 30.9 Å². The van der Waals surface area contributed by atoms with Crippen LogP contribution in [0.1, 0.15) is 69.1 Å². The molecule has 2 aromatic rings. The molecule has 1 aliphatic carbocycles. The summed E-state index contributed by atoms with van der Waals surface area (Å²) in [6.07, 6.45) is 6.88. The fourth-order valence-corrected chi connectivity index (χ4v) is 3.90. The maximum absolute atomic E-state index is 14.3. The van der Waals surface area contributed by atoms with Crippen LogP contribution >= 0.6 is 11.6 Å². The first-order valence-corrected chi connectivity index (χ1v) is 10.1. The molecule has 0 saturated heterocycles. The van der Waals surface area contributed by atoms with E-state index < -0.39 is 17.7 Å². The lowest BCUT2D eigenvalue weighted by Crippen LogP contribution is -2.12. The van der Waals surface area contributed by atoms with Crippen molar-refractivity contribution >= 4 is 17.4 Å². The lowest BCUT2D eigenvalue weighted by atomic mass is 9.85. The molecule has 3 rings (SSSR count). The summed E-state index contributed by atoms with van der Waals surface area (Å²) in [4.78, 5) is 9.69. The van der Waals surface area contributed by atoms with Gasteiger partial charge >= 0.3 is 0 Å². The minimum Gasteiger partial charge on any atom is -0.482 e. The van der Waals surface area contributed by atoms with Crippen molar-refractivity contribution in [3.05, 3.63) is 52.2 Å². The first kappa shape index (κ1) is 20.8. The van der Waals surface area contributed by atoms with Crippen molar-refractivity contribution in [2.75, 3.05) is 12.1 Å². The smallest absolute Gasteiger partial charge is 0.192 e. The molecule has 152 valence electrons. The van der Waals surface area contributed by atoms with Gasteiger partial charge in [0.25, 0.3) is 0 Å². The molecular formula is C21H25ClF2N2O2. The molecule has 1 fully saturated rings. The van der Waals surface area contributed by atoms with E-state index in [1.54, 1.807) is 6.92 Å². The first-order chi connectivity index (χ1) is 13.5. The van der Waals surface area contributed by atoms with E-state index in [-0.39, 0.29) is 10.6 Å². The number of aromatic nitrogens is 1. The zero-order valence-corrected chi connectivity index (χ0v) is 16.9. The van der Waals surface area contributed by atoms with Gasteiger partial charge in [0.05, 0.1) is 11.6 Å². The van der Waals surface area contributed by atoms with Gasteiger partial charge in [-0.3, -0.25) is 4.84 Å². The Kier molecular flexibility index (Phi) is 7.08. The standard InChI is InChI=1S/C21H25ClF2N2O2/c1-3-27-26-21-18(11-15(12-25-21)14-7-5-4-6-8-14)28-13(2)19-16(23)9-10-17(24)20(19)22/h9-14H,3-8H2,1-2H3,(H,25,26). The Bertz CT molecular complexity index is 813. The molecule has 1 atom stereocenters. The second-order valence-electron chi connectivity index (χ2n) is 7.00. The Labute approximate surface area is 169 Å². The van der Waals surface area contributed by atoms with Crippen molar-refractivity contribution < 1.29 is 18.4 Å². The summed E-state index contributed by atoms with van der Waals surface area (Å²) >= 11 is 5.99. The molecule has 1 aromatic carbocycles. The number of hydrogen-bond donors (Lipinski definition) is 1. The van der Waals surface area contributed by atoms with Crippen molar-refractivity contribution in [2.45, 2.75) is 58.0 Å². The number of rotatable bonds is 7. The Morgan fingerprint density at radius 3 is 2.64 bits per heavy atom. The lowest BCUT2D eigenvalue weighted by molar-refractivity contribution is 0.196. The van der Waals surface area contributed by atoms with E-state index in [1.165, 1.54) is 19.3 Å². The summed E-state index contributed by atoms with van der Waals surface area (Å²) < 4.78 is 34.1. The van der Waals surface area contributed by atoms with Gasteiger partial charge < -0.3 is 4.74 Å². The number of nitrogens with zero attached hydrogens (tertiary/aromatic N) is 1. The maximum atomic E-state index is 14.3. The minimum absolute atomic E-state index is 0.0212. The number of benzene rings is 1. The lowest BCUT2D eigenvalue weighted by Gasteiger charge is -2.24. The number of anilines is 1. The summed E-state index contributed by atoms with van der Waals surface area (Å²) in [5, 5.41) is -0.275. The molecule has 0 spiro atoms. The Morgan fingerprint density at radius 2 is 1.93 bits per heavy atom. The highest BCUT2D eigenvalue weighted by atomic mass is 35.5. The second kappa shape index (κ2) is 9.52. The molecule has 0 radical (unpaired) electrons. The Hall–Kier alpha value is -1.92. The van der Waals surface area contributed by atoms with Crippen LogP contribution < -0.4 is 10.2 Å². The average molecular weight is 411 g/mol. The van der Waals surface area contributed by atoms with Crippen LogP contribution in [0.5, 0.6) is 5.75 Å². The molecule has 0 bridgehead atoms. The number of nitrogens with one attached hydrogen (secondary N) is 1. The summed E-state index contributed by atoms with van der Waals surface area (Å²) in [5.74, 6) is -0.0654. The van der Waals surface area contributed by atoms with Gasteiger partial charge in [0.1, 0.15) is 17.7 Å². The van der Waals surface area contributed by atoms with Crippen LogP contribution in [-0.4, -0.2) is 11.6 Å². The molecule has 4 nitrogen and oxygen atoms in total. The molecule has 1 heterocycles. The van der Waals surface area contributed by atoms with Gasteiger partial charge in [-0.25, -0.2) is 19.2 Å². The average Bonchev–Trinajstić information content (AvgIpc) is 2.71. The highest BCUT2D eigenvalue weighted by Crippen LogP contribution is 2.38. The molecule has 28 heavy (non-hydrogen) atoms. The Balaban J connectivity index is 1.90. The van der Waals surface area contributed by atoms with Crippen molar-refractivity contribution in [3.8, 4) is 5.75 Å². The maximum Gasteiger partial charge on any atom is 0.192 e. The van der Waals surface area contributed by atoms with Gasteiger partial charge in [-0.15, -0.1) is 0 Å². The largest absolute Gasteiger partial charge is 0.482 e. The van der Waals surface area contributed by atoms with Crippen molar-refractivity contribution in [3.63, 3.8) is 0 Å². The monoisotopic (exact) mass is 410 g/mol. The predicted molar refractivity (Wildman–Crippen MR) is 106 cm³/mol. The summed E-state index contributed by atoms with van der Waals surface area (Å²) in [7, 11) is 0. The molecule has 1 aromatic heterocycles. The molecule has 1 unspecified atom stereocenters. The van der Waals surface area contributed by atoms with Crippen LogP contribution in [-0.2, 0) is 4.84 Å². The quantitative estimate of drug-likeness (QED) is 0.414. The van der Waals surface area contributed by atoms with Crippen LogP contribution in [0.2, 0.25) is 5.02 Å². The van der Waals surface area contributed by atoms with Crippen LogP contribution in [0.3, 0.4) is 0 Å². The molecular weight excluding hydrogens is 386 g/mol. The van der Waals surface area contributed by atoms with Crippen molar-refractivity contribution in [2.24, 2.45) is 0 Å². The molecule has 7 heteroatoms. The van der Waals surface area contributed by atoms with E-state index in [2.05, 4.69) is 10.5 Å². The third kappa shape index (κ3) is 4.73. The number of ether oxygens (including phenoxy) is 1. The topological polar surface area (TPSA) is 43.4 Å². The van der Waals surface area contributed by atoms with Crippen LogP contribution in [0.25, 0.3) is 0 Å². The van der Waals surface area contributed by atoms with E-state index in [0.29, 0.717) is 24.1 Å². The number of halogens is 3. The zero-order valence-electron chi connectivity index (χ0n) is 16.1. The molecule has 1 saturated carbocycles. The SMILES string of the molecule is CCONc1ncc(C2CCCCC2)cc1OC(C)c1c(F)ccc(F)c1Cl. The van der Waals surface area contributed by atoms with E-state index in [1.807, 2.05) is 19.2 Å². The van der Waals surface area contributed by atoms with E-state index in [4.69, 9.17) is 21.2 Å². The molecule has 0 aliphatic heterocycles. The summed E-state index contributed by atoms with van der Waals surface area (Å²) in [6.45, 7) is 3.90. The highest BCUT2D eigenvalue weighted by Gasteiger charge is 2.23. The van der Waals surface area contributed by atoms with Crippen LogP contribution in [0, 0.1) is 11.6 Å². The van der Waals surface area contributed by atoms with Crippen molar-refractivity contribution in [1.29, 1.82) is 0 Å². The van der Waals surface area contributed by atoms with Crippen LogP contribution in [0.15, 0.2) is 24.4 Å². The second-order valence-corrected chi connectivity index (χ2v) is 7.38. The number of pyridine rings is 1. The summed E-state index contributed by atoms with van der Waals surface area (Å²) in [6, 6.07) is 3.96. The third-order valence-corrected chi connectivity index (χ3v) is 5.44. The van der Waals surface area contributed by atoms with Crippen LogP contribution in [0.4, 0.5) is 14.6 Å². The van der Waals surface area contributed by atoms with Gasteiger partial charge in [0, 0.05) is 11.8 Å². The van der Waals surface area contributed by atoms with Gasteiger partial charge in [0.15, 0.2) is 11.6 Å².